The van der Waals surface area contributed by atoms with Crippen LogP contribution < -0.4 is 15.8 Å². The Morgan fingerprint density at radius 3 is 2.72 bits per heavy atom. The molecule has 1 aliphatic rings. The van der Waals surface area contributed by atoms with Crippen LogP contribution in [-0.4, -0.2) is 45.8 Å². The van der Waals surface area contributed by atoms with E-state index in [0.29, 0.717) is 16.0 Å². The zero-order chi connectivity index (χ0) is 26.1. The highest BCUT2D eigenvalue weighted by molar-refractivity contribution is 7.26. The van der Waals surface area contributed by atoms with Crippen LogP contribution in [-0.2, 0) is 30.4 Å². The first kappa shape index (κ1) is 27.5. The molecule has 1 aromatic heterocycles. The Balaban J connectivity index is 1.58. The zero-order valence-electron chi connectivity index (χ0n) is 20.2. The van der Waals surface area contributed by atoms with Crippen LogP contribution in [0, 0.1) is 0 Å². The van der Waals surface area contributed by atoms with Crippen LogP contribution in [0.2, 0.25) is 0 Å². The molecule has 1 saturated heterocycles. The standard InChI is InChI=1S/C23H29FN3O8P/c1-16(2)25-32-12-10-20(29)31-15-27-19(28)9-11-26(22(27)30)21-23(3,24)13-18(34-21)14-33-36-35-17-7-5-4-6-8-17/h4-9,11,18,21,36H,10,12-15H2,1-3H3/t18?,21?,23-/m1/s1. The smallest absolute Gasteiger partial charge is 0.336 e. The van der Waals surface area contributed by atoms with Gasteiger partial charge in [-0.05, 0) is 32.9 Å². The van der Waals surface area contributed by atoms with Gasteiger partial charge in [0.15, 0.2) is 18.6 Å². The molecule has 36 heavy (non-hydrogen) atoms. The van der Waals surface area contributed by atoms with Crippen molar-refractivity contribution in [1.82, 2.24) is 9.13 Å². The van der Waals surface area contributed by atoms with Gasteiger partial charge in [-0.15, -0.1) is 0 Å². The van der Waals surface area contributed by atoms with Gasteiger partial charge < -0.3 is 23.4 Å². The normalized spacial score (nSPS) is 21.4. The Morgan fingerprint density at radius 1 is 1.25 bits per heavy atom. The summed E-state index contributed by atoms with van der Waals surface area (Å²) in [5, 5.41) is 3.69. The van der Waals surface area contributed by atoms with Gasteiger partial charge in [0.1, 0.15) is 12.4 Å². The van der Waals surface area contributed by atoms with Crippen LogP contribution in [0.5, 0.6) is 5.75 Å². The molecule has 0 bridgehead atoms. The van der Waals surface area contributed by atoms with Crippen molar-refractivity contribution in [3.8, 4) is 5.75 Å². The molecule has 2 aromatic rings. The monoisotopic (exact) mass is 525 g/mol. The fourth-order valence-electron chi connectivity index (χ4n) is 3.41. The number of para-hydroxylation sites is 1. The molecule has 0 amide bonds. The summed E-state index contributed by atoms with van der Waals surface area (Å²) in [5.74, 6) is -0.0492. The predicted molar refractivity (Wildman–Crippen MR) is 130 cm³/mol. The van der Waals surface area contributed by atoms with E-state index in [2.05, 4.69) is 5.16 Å². The van der Waals surface area contributed by atoms with Crippen molar-refractivity contribution in [3.05, 3.63) is 63.4 Å². The highest BCUT2D eigenvalue weighted by Crippen LogP contribution is 2.40. The fraction of sp³-hybridized carbons (Fsp3) is 0.478. The molecule has 4 atom stereocenters. The number of rotatable bonds is 12. The molecular weight excluding hydrogens is 496 g/mol. The maximum Gasteiger partial charge on any atom is 0.336 e. The van der Waals surface area contributed by atoms with Gasteiger partial charge in [0.05, 0.1) is 24.8 Å². The summed E-state index contributed by atoms with van der Waals surface area (Å²) in [6, 6.07) is 10.2. The second kappa shape index (κ2) is 12.8. The SMILES string of the molecule is CC(C)=NOCCC(=O)OCn1c(=O)ccn(C2OC(COPOc3ccccc3)C[C@@]2(C)F)c1=O. The van der Waals surface area contributed by atoms with Crippen molar-refractivity contribution in [2.45, 2.75) is 58.3 Å². The molecule has 0 N–H and O–H groups in total. The van der Waals surface area contributed by atoms with Crippen LogP contribution in [0.1, 0.15) is 39.8 Å². The fourth-order valence-corrected chi connectivity index (χ4v) is 3.95. The van der Waals surface area contributed by atoms with Crippen LogP contribution in [0.25, 0.3) is 0 Å². The maximum absolute atomic E-state index is 15.4. The summed E-state index contributed by atoms with van der Waals surface area (Å²) in [7, 11) is -0.315. The van der Waals surface area contributed by atoms with Gasteiger partial charge in [0, 0.05) is 18.7 Å². The topological polar surface area (TPSA) is 120 Å². The first-order valence-corrected chi connectivity index (χ1v) is 12.0. The minimum atomic E-state index is -1.92. The highest BCUT2D eigenvalue weighted by atomic mass is 31.1. The first-order chi connectivity index (χ1) is 17.2. The molecule has 2 heterocycles. The minimum Gasteiger partial charge on any atom is -0.450 e. The van der Waals surface area contributed by atoms with Crippen molar-refractivity contribution in [3.63, 3.8) is 0 Å². The number of esters is 1. The van der Waals surface area contributed by atoms with E-state index in [1.165, 1.54) is 6.92 Å². The molecule has 0 saturated carbocycles. The van der Waals surface area contributed by atoms with E-state index in [1.807, 2.05) is 18.2 Å². The summed E-state index contributed by atoms with van der Waals surface area (Å²) in [6.07, 6.45) is -0.946. The maximum atomic E-state index is 15.4. The molecular formula is C23H29FN3O8P. The molecule has 1 fully saturated rings. The van der Waals surface area contributed by atoms with Crippen molar-refractivity contribution in [2.24, 2.45) is 5.16 Å². The number of alkyl halides is 1. The number of carbonyl (C=O) groups excluding carboxylic acids is 1. The molecule has 0 radical (unpaired) electrons. The van der Waals surface area contributed by atoms with Crippen molar-refractivity contribution in [2.75, 3.05) is 13.2 Å². The number of carbonyl (C=O) groups is 1. The van der Waals surface area contributed by atoms with Crippen LogP contribution >= 0.6 is 9.03 Å². The third kappa shape index (κ3) is 7.71. The van der Waals surface area contributed by atoms with Crippen molar-refractivity contribution >= 4 is 20.7 Å². The quantitative estimate of drug-likeness (QED) is 0.136. The lowest BCUT2D eigenvalue weighted by atomic mass is 10.0. The lowest BCUT2D eigenvalue weighted by Gasteiger charge is -2.23. The Morgan fingerprint density at radius 2 is 2.00 bits per heavy atom. The molecule has 196 valence electrons. The number of hydrogen-bond acceptors (Lipinski definition) is 9. The number of hydrogen-bond donors (Lipinski definition) is 0. The number of benzene rings is 1. The number of ether oxygens (including phenoxy) is 2. The number of aromatic nitrogens is 2. The third-order valence-electron chi connectivity index (χ3n) is 5.04. The van der Waals surface area contributed by atoms with E-state index in [9.17, 15) is 14.4 Å². The molecule has 0 spiro atoms. The number of oxime groups is 1. The number of halogens is 1. The Hall–Kier alpha value is -3.08. The first-order valence-electron chi connectivity index (χ1n) is 11.2. The second-order valence-electron chi connectivity index (χ2n) is 8.44. The Bertz CT molecular complexity index is 1160. The van der Waals surface area contributed by atoms with Gasteiger partial charge in [-0.3, -0.25) is 14.2 Å². The Kier molecular flexibility index (Phi) is 9.74. The van der Waals surface area contributed by atoms with Crippen LogP contribution in [0.15, 0.2) is 57.3 Å². The highest BCUT2D eigenvalue weighted by Gasteiger charge is 2.47. The molecule has 13 heteroatoms. The molecule has 3 unspecified atom stereocenters. The number of nitrogens with zero attached hydrogens (tertiary/aromatic N) is 3. The van der Waals surface area contributed by atoms with E-state index >= 15 is 4.39 Å². The molecule has 11 nitrogen and oxygen atoms in total. The molecule has 3 rings (SSSR count). The van der Waals surface area contributed by atoms with Gasteiger partial charge in [-0.1, -0.05) is 23.4 Å². The van der Waals surface area contributed by atoms with E-state index < -0.39 is 41.9 Å². The molecule has 1 aliphatic heterocycles. The van der Waals surface area contributed by atoms with Crippen molar-refractivity contribution < 1.29 is 32.5 Å². The van der Waals surface area contributed by atoms with E-state index in [4.69, 9.17) is 23.4 Å². The summed E-state index contributed by atoms with van der Waals surface area (Å²) >= 11 is 0. The summed E-state index contributed by atoms with van der Waals surface area (Å²) in [4.78, 5) is 42.0. The van der Waals surface area contributed by atoms with Crippen molar-refractivity contribution in [1.29, 1.82) is 0 Å². The van der Waals surface area contributed by atoms with Gasteiger partial charge in [0.2, 0.25) is 9.03 Å². The lowest BCUT2D eigenvalue weighted by molar-refractivity contribution is -0.149. The predicted octanol–water partition coefficient (Wildman–Crippen LogP) is 2.93. The molecule has 1 aromatic carbocycles. The summed E-state index contributed by atoms with van der Waals surface area (Å²) < 4.78 is 38.8. The van der Waals surface area contributed by atoms with Gasteiger partial charge in [-0.25, -0.2) is 13.8 Å². The van der Waals surface area contributed by atoms with Crippen LogP contribution in [0.3, 0.4) is 0 Å². The zero-order valence-corrected chi connectivity index (χ0v) is 21.2. The summed E-state index contributed by atoms with van der Waals surface area (Å²) in [5.41, 5.74) is -2.81. The van der Waals surface area contributed by atoms with Gasteiger partial charge >= 0.3 is 11.7 Å². The Labute approximate surface area is 208 Å². The van der Waals surface area contributed by atoms with E-state index in [-0.39, 0.29) is 35.1 Å². The van der Waals surface area contributed by atoms with E-state index in [1.54, 1.807) is 26.0 Å². The average Bonchev–Trinajstić information content (AvgIpc) is 3.14. The molecule has 0 aliphatic carbocycles. The lowest BCUT2D eigenvalue weighted by Crippen LogP contribution is -2.44. The van der Waals surface area contributed by atoms with Crippen LogP contribution in [0.4, 0.5) is 4.39 Å². The third-order valence-corrected chi connectivity index (χ3v) is 5.64. The van der Waals surface area contributed by atoms with Gasteiger partial charge in [-0.2, -0.15) is 0 Å². The van der Waals surface area contributed by atoms with E-state index in [0.717, 1.165) is 16.8 Å². The summed E-state index contributed by atoms with van der Waals surface area (Å²) in [6.45, 7) is 4.18. The average molecular weight is 525 g/mol. The second-order valence-corrected chi connectivity index (χ2v) is 9.10. The van der Waals surface area contributed by atoms with Gasteiger partial charge in [0.25, 0.3) is 5.56 Å². The largest absolute Gasteiger partial charge is 0.450 e. The minimum absolute atomic E-state index is 0.0194.